The molecular weight excluding hydrogens is 409 g/mol. The Morgan fingerprint density at radius 2 is 1.77 bits per heavy atom. The minimum atomic E-state index is -4.44. The smallest absolute Gasteiger partial charge is 0.416 e. The molecule has 0 fully saturated rings. The van der Waals surface area contributed by atoms with Gasteiger partial charge in [0.05, 0.1) is 18.9 Å². The Bertz CT molecular complexity index is 1180. The number of fused-ring (bicyclic) bond motifs is 1. The first kappa shape index (κ1) is 20.2. The van der Waals surface area contributed by atoms with Crippen LogP contribution in [0.4, 0.5) is 13.2 Å². The van der Waals surface area contributed by atoms with Crippen molar-refractivity contribution in [2.24, 2.45) is 0 Å². The number of benzene rings is 3. The molecule has 0 aliphatic rings. The number of alkyl halides is 3. The van der Waals surface area contributed by atoms with Gasteiger partial charge in [0.25, 0.3) is 0 Å². The average Bonchev–Trinajstić information content (AvgIpc) is 2.76. The van der Waals surface area contributed by atoms with Crippen LogP contribution in [0.25, 0.3) is 22.0 Å². The van der Waals surface area contributed by atoms with Gasteiger partial charge in [-0.1, -0.05) is 36.4 Å². The summed E-state index contributed by atoms with van der Waals surface area (Å²) in [5.41, 5.74) is 1.41. The molecule has 0 unspecified atom stereocenters. The highest BCUT2D eigenvalue weighted by Crippen LogP contribution is 2.39. The van der Waals surface area contributed by atoms with Crippen molar-refractivity contribution in [3.8, 4) is 17.0 Å². The number of methoxy groups -OCH3 is 1. The van der Waals surface area contributed by atoms with Crippen LogP contribution in [0, 0.1) is 0 Å². The molecule has 0 saturated heterocycles. The van der Waals surface area contributed by atoms with E-state index in [2.05, 4.69) is 22.3 Å². The van der Waals surface area contributed by atoms with Gasteiger partial charge in [-0.05, 0) is 35.9 Å². The van der Waals surface area contributed by atoms with Crippen molar-refractivity contribution in [1.29, 1.82) is 0 Å². The lowest BCUT2D eigenvalue weighted by Crippen LogP contribution is -2.05. The van der Waals surface area contributed by atoms with Crippen LogP contribution in [0.5, 0.6) is 5.75 Å². The predicted octanol–water partition coefficient (Wildman–Crippen LogP) is 6.62. The van der Waals surface area contributed by atoms with Crippen molar-refractivity contribution in [2.75, 3.05) is 7.11 Å². The third-order valence-electron chi connectivity index (χ3n) is 4.67. The number of halogens is 3. The van der Waals surface area contributed by atoms with E-state index in [4.69, 9.17) is 4.74 Å². The maximum atomic E-state index is 13.0. The van der Waals surface area contributed by atoms with Gasteiger partial charge in [-0.15, -0.1) is 16.9 Å². The average molecular weight is 426 g/mol. The first-order valence-electron chi connectivity index (χ1n) is 9.13. The zero-order valence-corrected chi connectivity index (χ0v) is 16.8. The topological polar surface area (TPSA) is 35.0 Å². The van der Waals surface area contributed by atoms with Crippen LogP contribution < -0.4 is 4.74 Å². The molecule has 152 valence electrons. The summed E-state index contributed by atoms with van der Waals surface area (Å²) in [6.45, 7) is 0. The van der Waals surface area contributed by atoms with Crippen molar-refractivity contribution in [3.05, 3.63) is 84.1 Å². The van der Waals surface area contributed by atoms with Gasteiger partial charge in [0.2, 0.25) is 0 Å². The maximum Gasteiger partial charge on any atom is 0.416 e. The van der Waals surface area contributed by atoms with E-state index >= 15 is 0 Å². The van der Waals surface area contributed by atoms with Crippen molar-refractivity contribution in [2.45, 2.75) is 16.8 Å². The molecule has 30 heavy (non-hydrogen) atoms. The fraction of sp³-hybridized carbons (Fsp3) is 0.130. The molecule has 7 heteroatoms. The second-order valence-electron chi connectivity index (χ2n) is 6.63. The summed E-state index contributed by atoms with van der Waals surface area (Å²) in [5.74, 6) is 0.943. The Balaban J connectivity index is 1.69. The molecule has 0 N–H and O–H groups in total. The highest BCUT2D eigenvalue weighted by Gasteiger charge is 2.31. The molecule has 4 aromatic rings. The molecule has 0 aliphatic heterocycles. The van der Waals surface area contributed by atoms with Crippen LogP contribution in [-0.2, 0) is 11.9 Å². The Hall–Kier alpha value is -3.06. The molecule has 0 aliphatic carbocycles. The number of nitrogens with zero attached hydrogens (tertiary/aromatic N) is 2. The van der Waals surface area contributed by atoms with Crippen LogP contribution in [-0.4, -0.2) is 17.3 Å². The van der Waals surface area contributed by atoms with E-state index in [0.29, 0.717) is 11.3 Å². The van der Waals surface area contributed by atoms with Gasteiger partial charge in [0, 0.05) is 27.0 Å². The van der Waals surface area contributed by atoms with Crippen molar-refractivity contribution in [1.82, 2.24) is 10.2 Å². The number of hydrogen-bond donors (Lipinski definition) is 0. The largest absolute Gasteiger partial charge is 0.496 e. The molecule has 0 amide bonds. The van der Waals surface area contributed by atoms with Gasteiger partial charge in [0.1, 0.15) is 11.4 Å². The molecule has 0 bridgehead atoms. The molecular formula is C23H17F3N2OS. The summed E-state index contributed by atoms with van der Waals surface area (Å²) in [4.78, 5) is 1.07. The van der Waals surface area contributed by atoms with Crippen molar-refractivity contribution >= 4 is 22.5 Å². The summed E-state index contributed by atoms with van der Waals surface area (Å²) in [6, 6.07) is 19.5. The minimum Gasteiger partial charge on any atom is -0.496 e. The molecule has 1 heterocycles. The molecule has 0 saturated carbocycles. The summed E-state index contributed by atoms with van der Waals surface area (Å²) in [6.07, 6.45) is -2.79. The fourth-order valence-electron chi connectivity index (χ4n) is 3.16. The number of thioether (sulfide) groups is 1. The number of hydrogen-bond acceptors (Lipinski definition) is 4. The minimum absolute atomic E-state index is 0.106. The molecule has 0 atom stereocenters. The summed E-state index contributed by atoms with van der Waals surface area (Å²) in [7, 11) is 1.34. The van der Waals surface area contributed by atoms with E-state index in [1.165, 1.54) is 18.7 Å². The van der Waals surface area contributed by atoms with E-state index < -0.39 is 11.7 Å². The Morgan fingerprint density at radius 3 is 2.50 bits per heavy atom. The fourth-order valence-corrected chi connectivity index (χ4v) is 4.06. The Labute approximate surface area is 175 Å². The van der Waals surface area contributed by atoms with E-state index in [-0.39, 0.29) is 5.75 Å². The van der Waals surface area contributed by atoms with Gasteiger partial charge < -0.3 is 4.74 Å². The monoisotopic (exact) mass is 426 g/mol. The van der Waals surface area contributed by atoms with Crippen LogP contribution in [0.1, 0.15) is 11.1 Å². The van der Waals surface area contributed by atoms with E-state index in [1.807, 2.05) is 36.4 Å². The number of ether oxygens (including phenoxy) is 1. The zero-order chi connectivity index (χ0) is 21.1. The molecule has 4 rings (SSSR count). The normalized spacial score (nSPS) is 11.6. The molecule has 3 aromatic carbocycles. The standard InChI is InChI=1S/C23H17F3N2OS/c1-29-21-12-17(23(24,25)26)7-9-20(21)22-19-10-8-18(11-16(19)13-27-28-22)30-14-15-5-3-2-4-6-15/h2-13H,14H2,1H3. The highest BCUT2D eigenvalue weighted by atomic mass is 32.2. The first-order chi connectivity index (χ1) is 14.5. The molecule has 0 radical (unpaired) electrons. The Kier molecular flexibility index (Phi) is 5.63. The van der Waals surface area contributed by atoms with Crippen molar-refractivity contribution in [3.63, 3.8) is 0 Å². The van der Waals surface area contributed by atoms with E-state index in [1.54, 1.807) is 18.0 Å². The summed E-state index contributed by atoms with van der Waals surface area (Å²) in [5, 5.41) is 9.90. The van der Waals surface area contributed by atoms with Crippen LogP contribution in [0.15, 0.2) is 77.8 Å². The first-order valence-corrected chi connectivity index (χ1v) is 10.1. The lowest BCUT2D eigenvalue weighted by molar-refractivity contribution is -0.137. The second-order valence-corrected chi connectivity index (χ2v) is 7.68. The summed E-state index contributed by atoms with van der Waals surface area (Å²) >= 11 is 1.70. The van der Waals surface area contributed by atoms with Crippen LogP contribution in [0.3, 0.4) is 0 Å². The third-order valence-corrected chi connectivity index (χ3v) is 5.73. The van der Waals surface area contributed by atoms with Gasteiger partial charge in [-0.25, -0.2) is 0 Å². The lowest BCUT2D eigenvalue weighted by atomic mass is 10.0. The van der Waals surface area contributed by atoms with Crippen LogP contribution >= 0.6 is 11.8 Å². The predicted molar refractivity (Wildman–Crippen MR) is 113 cm³/mol. The molecule has 3 nitrogen and oxygen atoms in total. The third kappa shape index (κ3) is 4.26. The molecule has 1 aromatic heterocycles. The maximum absolute atomic E-state index is 13.0. The van der Waals surface area contributed by atoms with Gasteiger partial charge in [-0.2, -0.15) is 18.3 Å². The Morgan fingerprint density at radius 1 is 0.967 bits per heavy atom. The van der Waals surface area contributed by atoms with Gasteiger partial charge in [-0.3, -0.25) is 0 Å². The quantitative estimate of drug-likeness (QED) is 0.336. The SMILES string of the molecule is COc1cc(C(F)(F)F)ccc1-c1nncc2cc(SCc3ccccc3)ccc12. The van der Waals surface area contributed by atoms with Gasteiger partial charge in [0.15, 0.2) is 0 Å². The van der Waals surface area contributed by atoms with E-state index in [9.17, 15) is 13.2 Å². The zero-order valence-electron chi connectivity index (χ0n) is 16.0. The molecule has 0 spiro atoms. The van der Waals surface area contributed by atoms with Gasteiger partial charge >= 0.3 is 6.18 Å². The van der Waals surface area contributed by atoms with E-state index in [0.717, 1.165) is 33.6 Å². The summed E-state index contributed by atoms with van der Waals surface area (Å²) < 4.78 is 44.4. The number of rotatable bonds is 5. The van der Waals surface area contributed by atoms with Crippen molar-refractivity contribution < 1.29 is 17.9 Å². The van der Waals surface area contributed by atoms with Crippen LogP contribution in [0.2, 0.25) is 0 Å². The number of aromatic nitrogens is 2. The highest BCUT2D eigenvalue weighted by molar-refractivity contribution is 7.98. The lowest BCUT2D eigenvalue weighted by Gasteiger charge is -2.13. The second kappa shape index (κ2) is 8.36.